The van der Waals surface area contributed by atoms with Crippen molar-refractivity contribution < 1.29 is 9.59 Å². The third-order valence-electron chi connectivity index (χ3n) is 4.55. The van der Waals surface area contributed by atoms with Crippen LogP contribution in [0.25, 0.3) is 22.1 Å². The highest BCUT2D eigenvalue weighted by Gasteiger charge is 2.17. The summed E-state index contributed by atoms with van der Waals surface area (Å²) in [6.07, 6.45) is 1.16. The van der Waals surface area contributed by atoms with Gasteiger partial charge in [-0.05, 0) is 36.6 Å². The highest BCUT2D eigenvalue weighted by atomic mass is 16.2. The summed E-state index contributed by atoms with van der Waals surface area (Å²) < 4.78 is 2.66. The minimum Gasteiger partial charge on any atom is -0.273 e. The topological polar surface area (TPSA) is 95.6 Å². The Hall–Kier alpha value is -3.42. The van der Waals surface area contributed by atoms with Gasteiger partial charge in [0.05, 0.1) is 11.0 Å². The molecule has 0 aliphatic heterocycles. The molecule has 0 radical (unpaired) electrons. The zero-order valence-electron chi connectivity index (χ0n) is 14.8. The SMILES string of the molecule is C[C@H](CCC(=O)n1nnc2ccccc21)CC(=O)n1nnc2ccccc21. The van der Waals surface area contributed by atoms with Crippen LogP contribution < -0.4 is 0 Å². The molecule has 0 aliphatic rings. The number of benzene rings is 2. The number of fused-ring (bicyclic) bond motifs is 2. The van der Waals surface area contributed by atoms with E-state index in [2.05, 4.69) is 20.6 Å². The first kappa shape index (κ1) is 17.0. The second-order valence-electron chi connectivity index (χ2n) is 6.62. The quantitative estimate of drug-likeness (QED) is 0.542. The predicted octanol–water partition coefficient (Wildman–Crippen LogP) is 2.96. The molecule has 0 amide bonds. The zero-order valence-corrected chi connectivity index (χ0v) is 14.8. The van der Waals surface area contributed by atoms with Gasteiger partial charge < -0.3 is 0 Å². The summed E-state index contributed by atoms with van der Waals surface area (Å²) >= 11 is 0. The molecule has 4 aromatic rings. The highest BCUT2D eigenvalue weighted by Crippen LogP contribution is 2.17. The predicted molar refractivity (Wildman–Crippen MR) is 99.3 cm³/mol. The van der Waals surface area contributed by atoms with Crippen LogP contribution in [0.4, 0.5) is 0 Å². The van der Waals surface area contributed by atoms with Crippen molar-refractivity contribution >= 4 is 33.9 Å². The fraction of sp³-hybridized carbons (Fsp3) is 0.263. The molecular weight excluding hydrogens is 344 g/mol. The van der Waals surface area contributed by atoms with Crippen LogP contribution in [0.2, 0.25) is 0 Å². The van der Waals surface area contributed by atoms with E-state index in [4.69, 9.17) is 0 Å². The normalized spacial score (nSPS) is 12.5. The smallest absolute Gasteiger partial charge is 0.249 e. The van der Waals surface area contributed by atoms with Crippen molar-refractivity contribution in [1.29, 1.82) is 0 Å². The van der Waals surface area contributed by atoms with Gasteiger partial charge in [-0.25, -0.2) is 0 Å². The Kier molecular flexibility index (Phi) is 4.45. The van der Waals surface area contributed by atoms with Crippen LogP contribution in [0.3, 0.4) is 0 Å². The van der Waals surface area contributed by atoms with Crippen molar-refractivity contribution in [3.63, 3.8) is 0 Å². The summed E-state index contributed by atoms with van der Waals surface area (Å²) in [6.45, 7) is 1.95. The number of aromatic nitrogens is 6. The van der Waals surface area contributed by atoms with Gasteiger partial charge in [0.15, 0.2) is 0 Å². The highest BCUT2D eigenvalue weighted by molar-refractivity contribution is 5.89. The summed E-state index contributed by atoms with van der Waals surface area (Å²) in [6, 6.07) is 14.7. The molecular formula is C19H18N6O2. The summed E-state index contributed by atoms with van der Waals surface area (Å²) in [5, 5.41) is 15.9. The van der Waals surface area contributed by atoms with E-state index in [0.29, 0.717) is 41.3 Å². The summed E-state index contributed by atoms with van der Waals surface area (Å²) in [5.74, 6) is -0.233. The molecule has 8 nitrogen and oxygen atoms in total. The number of nitrogens with zero attached hydrogens (tertiary/aromatic N) is 6. The molecule has 27 heavy (non-hydrogen) atoms. The lowest BCUT2D eigenvalue weighted by molar-refractivity contribution is 0.0838. The second kappa shape index (κ2) is 7.06. The van der Waals surface area contributed by atoms with Crippen molar-refractivity contribution in [2.45, 2.75) is 26.2 Å². The molecule has 0 saturated heterocycles. The maximum Gasteiger partial charge on any atom is 0.249 e. The van der Waals surface area contributed by atoms with E-state index in [0.717, 1.165) is 0 Å². The molecule has 0 spiro atoms. The Morgan fingerprint density at radius 1 is 0.852 bits per heavy atom. The first-order valence-corrected chi connectivity index (χ1v) is 8.81. The molecule has 0 saturated carbocycles. The fourth-order valence-electron chi connectivity index (χ4n) is 3.07. The van der Waals surface area contributed by atoms with Crippen molar-refractivity contribution in [3.8, 4) is 0 Å². The lowest BCUT2D eigenvalue weighted by atomic mass is 10.0. The van der Waals surface area contributed by atoms with Gasteiger partial charge in [0, 0.05) is 12.8 Å². The summed E-state index contributed by atoms with van der Waals surface area (Å²) in [4.78, 5) is 25.0. The Morgan fingerprint density at radius 3 is 1.96 bits per heavy atom. The molecule has 2 aromatic carbocycles. The Labute approximate surface area is 154 Å². The number of para-hydroxylation sites is 2. The number of carbonyl (C=O) groups excluding carboxylic acids is 2. The molecule has 0 bridgehead atoms. The minimum atomic E-state index is -0.130. The largest absolute Gasteiger partial charge is 0.273 e. The van der Waals surface area contributed by atoms with Crippen molar-refractivity contribution in [2.75, 3.05) is 0 Å². The Bertz CT molecular complexity index is 1130. The van der Waals surface area contributed by atoms with Gasteiger partial charge in [-0.2, -0.15) is 9.36 Å². The van der Waals surface area contributed by atoms with Crippen LogP contribution in [-0.2, 0) is 0 Å². The lowest BCUT2D eigenvalue weighted by Gasteiger charge is -2.10. The van der Waals surface area contributed by atoms with Crippen molar-refractivity contribution in [3.05, 3.63) is 48.5 Å². The average Bonchev–Trinajstić information content (AvgIpc) is 3.30. The van der Waals surface area contributed by atoms with Crippen LogP contribution in [0.5, 0.6) is 0 Å². The number of rotatable bonds is 5. The van der Waals surface area contributed by atoms with Crippen LogP contribution in [-0.4, -0.2) is 41.8 Å². The Balaban J connectivity index is 1.38. The molecule has 4 rings (SSSR count). The van der Waals surface area contributed by atoms with Gasteiger partial charge in [-0.3, -0.25) is 9.59 Å². The van der Waals surface area contributed by atoms with Gasteiger partial charge in [0.1, 0.15) is 11.0 Å². The molecule has 0 unspecified atom stereocenters. The minimum absolute atomic E-state index is 0.0270. The molecule has 2 aromatic heterocycles. The first-order valence-electron chi connectivity index (χ1n) is 8.81. The maximum atomic E-state index is 12.5. The van der Waals surface area contributed by atoms with Gasteiger partial charge in [0.25, 0.3) is 0 Å². The van der Waals surface area contributed by atoms with Crippen molar-refractivity contribution in [2.24, 2.45) is 5.92 Å². The van der Waals surface area contributed by atoms with E-state index in [-0.39, 0.29) is 17.7 Å². The summed E-state index contributed by atoms with van der Waals surface area (Å²) in [5.41, 5.74) is 2.76. The third-order valence-corrected chi connectivity index (χ3v) is 4.55. The lowest BCUT2D eigenvalue weighted by Crippen LogP contribution is -2.18. The average molecular weight is 362 g/mol. The van der Waals surface area contributed by atoms with E-state index in [9.17, 15) is 9.59 Å². The third kappa shape index (κ3) is 3.33. The Morgan fingerprint density at radius 2 is 1.37 bits per heavy atom. The second-order valence-corrected chi connectivity index (χ2v) is 6.62. The van der Waals surface area contributed by atoms with E-state index < -0.39 is 0 Å². The number of hydrogen-bond acceptors (Lipinski definition) is 6. The van der Waals surface area contributed by atoms with Gasteiger partial charge in [-0.1, -0.05) is 41.6 Å². The van der Waals surface area contributed by atoms with Gasteiger partial charge in [-0.15, -0.1) is 10.2 Å². The van der Waals surface area contributed by atoms with E-state index in [1.54, 1.807) is 0 Å². The summed E-state index contributed by atoms with van der Waals surface area (Å²) in [7, 11) is 0. The maximum absolute atomic E-state index is 12.5. The number of hydrogen-bond donors (Lipinski definition) is 0. The fourth-order valence-corrected chi connectivity index (χ4v) is 3.07. The van der Waals surface area contributed by atoms with Crippen LogP contribution in [0, 0.1) is 5.92 Å². The van der Waals surface area contributed by atoms with Crippen LogP contribution in [0.15, 0.2) is 48.5 Å². The standard InChI is InChI=1S/C19H18N6O2/c1-13(12-19(27)25-17-9-5-3-7-15(17)21-23-25)10-11-18(26)24-16-8-4-2-6-14(16)20-22-24/h2-9,13H,10-12H2,1H3/t13-/m1/s1. The van der Waals surface area contributed by atoms with E-state index >= 15 is 0 Å². The zero-order chi connectivity index (χ0) is 18.8. The van der Waals surface area contributed by atoms with E-state index in [1.807, 2.05) is 55.5 Å². The first-order chi connectivity index (χ1) is 13.1. The van der Waals surface area contributed by atoms with Gasteiger partial charge in [0.2, 0.25) is 11.8 Å². The molecule has 2 heterocycles. The molecule has 0 N–H and O–H groups in total. The number of carbonyl (C=O) groups is 2. The van der Waals surface area contributed by atoms with E-state index in [1.165, 1.54) is 9.36 Å². The van der Waals surface area contributed by atoms with Crippen LogP contribution >= 0.6 is 0 Å². The van der Waals surface area contributed by atoms with Crippen LogP contribution in [0.1, 0.15) is 35.8 Å². The molecule has 0 fully saturated rings. The van der Waals surface area contributed by atoms with Crippen molar-refractivity contribution in [1.82, 2.24) is 30.0 Å². The molecule has 0 aliphatic carbocycles. The van der Waals surface area contributed by atoms with Gasteiger partial charge >= 0.3 is 0 Å². The molecule has 136 valence electrons. The molecule has 8 heteroatoms. The molecule has 1 atom stereocenters. The monoisotopic (exact) mass is 362 g/mol.